The highest BCUT2D eigenvalue weighted by Crippen LogP contribution is 2.26. The lowest BCUT2D eigenvalue weighted by atomic mass is 9.92. The Kier molecular flexibility index (Phi) is 6.43. The molecule has 0 radical (unpaired) electrons. The molecule has 0 fully saturated rings. The third kappa shape index (κ3) is 5.07. The zero-order chi connectivity index (χ0) is 20.8. The molecule has 0 unspecified atom stereocenters. The minimum Gasteiger partial charge on any atom is -0.481 e. The number of anilines is 1. The Morgan fingerprint density at radius 3 is 2.40 bits per heavy atom. The second-order valence-electron chi connectivity index (χ2n) is 7.87. The molecular weight excluding hydrogens is 372 g/mol. The Bertz CT molecular complexity index is 984. The second kappa shape index (κ2) is 9.57. The number of carbonyl (C=O) groups is 1. The average Bonchev–Trinajstić information content (AvgIpc) is 2.79. The van der Waals surface area contributed by atoms with E-state index in [-0.39, 0.29) is 5.91 Å². The number of aromatic nitrogens is 1. The summed E-state index contributed by atoms with van der Waals surface area (Å²) < 4.78 is 6.05. The monoisotopic (exact) mass is 400 g/mol. The molecule has 1 amide bonds. The average molecular weight is 401 g/mol. The third-order valence-corrected chi connectivity index (χ3v) is 5.64. The predicted molar refractivity (Wildman–Crippen MR) is 120 cm³/mol. The number of fused-ring (bicyclic) bond motifs is 1. The first kappa shape index (κ1) is 20.1. The molecule has 1 aliphatic rings. The molecule has 0 aliphatic heterocycles. The second-order valence-corrected chi connectivity index (χ2v) is 7.87. The van der Waals surface area contributed by atoms with Gasteiger partial charge in [0.2, 0.25) is 0 Å². The van der Waals surface area contributed by atoms with Gasteiger partial charge in [-0.3, -0.25) is 9.78 Å². The number of pyridine rings is 1. The molecule has 1 aliphatic carbocycles. The van der Waals surface area contributed by atoms with Crippen molar-refractivity contribution in [2.45, 2.75) is 51.6 Å². The van der Waals surface area contributed by atoms with Gasteiger partial charge in [0.05, 0.1) is 0 Å². The van der Waals surface area contributed by atoms with Gasteiger partial charge in [0, 0.05) is 18.1 Å². The number of hydrogen-bond acceptors (Lipinski definition) is 3. The van der Waals surface area contributed by atoms with Crippen LogP contribution in [0.1, 0.15) is 48.4 Å². The van der Waals surface area contributed by atoms with E-state index >= 15 is 0 Å². The summed E-state index contributed by atoms with van der Waals surface area (Å²) in [4.78, 5) is 16.8. The fourth-order valence-corrected chi connectivity index (χ4v) is 3.93. The van der Waals surface area contributed by atoms with Gasteiger partial charge in [0.1, 0.15) is 5.75 Å². The Morgan fingerprint density at radius 2 is 1.67 bits per heavy atom. The van der Waals surface area contributed by atoms with Crippen LogP contribution in [0.2, 0.25) is 0 Å². The van der Waals surface area contributed by atoms with Crippen LogP contribution in [0.25, 0.3) is 0 Å². The van der Waals surface area contributed by atoms with E-state index in [2.05, 4.69) is 22.4 Å². The van der Waals surface area contributed by atoms with Crippen LogP contribution in [0.3, 0.4) is 0 Å². The highest BCUT2D eigenvalue weighted by molar-refractivity contribution is 5.94. The van der Waals surface area contributed by atoms with Crippen molar-refractivity contribution >= 4 is 11.6 Å². The number of carbonyl (C=O) groups excluding carboxylic acids is 1. The van der Waals surface area contributed by atoms with Crippen molar-refractivity contribution in [1.82, 2.24) is 4.98 Å². The molecule has 1 atom stereocenters. The molecule has 154 valence electrons. The lowest BCUT2D eigenvalue weighted by molar-refractivity contribution is -0.122. The molecule has 4 rings (SSSR count). The van der Waals surface area contributed by atoms with Gasteiger partial charge >= 0.3 is 0 Å². The fourth-order valence-electron chi connectivity index (χ4n) is 3.93. The molecule has 1 aromatic heterocycles. The van der Waals surface area contributed by atoms with Gasteiger partial charge in [-0.05, 0) is 97.2 Å². The lowest BCUT2D eigenvalue weighted by Crippen LogP contribution is -2.32. The highest BCUT2D eigenvalue weighted by Gasteiger charge is 2.19. The number of nitrogens with zero attached hydrogens (tertiary/aromatic N) is 1. The third-order valence-electron chi connectivity index (χ3n) is 5.64. The summed E-state index contributed by atoms with van der Waals surface area (Å²) in [7, 11) is 0. The SMILES string of the molecule is CC[C@H](Oc1ccc2c(c1)CCCC2)C(=O)Nc1ccc(Cc2ccncc2)cc1. The Balaban J connectivity index is 1.37. The van der Waals surface area contributed by atoms with Crippen molar-refractivity contribution in [3.05, 3.63) is 89.2 Å². The highest BCUT2D eigenvalue weighted by atomic mass is 16.5. The summed E-state index contributed by atoms with van der Waals surface area (Å²) in [5.74, 6) is 0.669. The number of amides is 1. The smallest absolute Gasteiger partial charge is 0.265 e. The Morgan fingerprint density at radius 1 is 0.967 bits per heavy atom. The summed E-state index contributed by atoms with van der Waals surface area (Å²) in [6.45, 7) is 1.97. The normalized spacial score (nSPS) is 13.9. The topological polar surface area (TPSA) is 51.2 Å². The Labute approximate surface area is 178 Å². The van der Waals surface area contributed by atoms with Crippen LogP contribution in [0.5, 0.6) is 5.75 Å². The van der Waals surface area contributed by atoms with Gasteiger partial charge in [-0.25, -0.2) is 0 Å². The molecule has 3 aromatic rings. The summed E-state index contributed by atoms with van der Waals surface area (Å²) in [6, 6.07) is 18.3. The van der Waals surface area contributed by atoms with Crippen molar-refractivity contribution in [3.8, 4) is 5.75 Å². The van der Waals surface area contributed by atoms with Crippen LogP contribution in [0, 0.1) is 0 Å². The molecule has 1 heterocycles. The first-order valence-corrected chi connectivity index (χ1v) is 10.8. The van der Waals surface area contributed by atoms with Gasteiger partial charge in [-0.2, -0.15) is 0 Å². The van der Waals surface area contributed by atoms with Crippen LogP contribution in [-0.4, -0.2) is 17.0 Å². The van der Waals surface area contributed by atoms with E-state index < -0.39 is 6.10 Å². The Hall–Kier alpha value is -3.14. The standard InChI is InChI=1S/C26H28N2O2/c1-2-25(30-24-12-9-21-5-3-4-6-22(21)18-24)26(29)28-23-10-7-19(8-11-23)17-20-13-15-27-16-14-20/h7-16,18,25H,2-6,17H2,1H3,(H,28,29)/t25-/m0/s1. The van der Waals surface area contributed by atoms with Crippen LogP contribution in [0.4, 0.5) is 5.69 Å². The molecule has 4 nitrogen and oxygen atoms in total. The van der Waals surface area contributed by atoms with E-state index in [4.69, 9.17) is 4.74 Å². The first-order valence-electron chi connectivity index (χ1n) is 10.8. The lowest BCUT2D eigenvalue weighted by Gasteiger charge is -2.20. The number of rotatable bonds is 7. The molecule has 2 aromatic carbocycles. The number of hydrogen-bond donors (Lipinski definition) is 1. The molecule has 1 N–H and O–H groups in total. The summed E-state index contributed by atoms with van der Waals surface area (Å²) in [5, 5.41) is 2.99. The number of aryl methyl sites for hydroxylation is 2. The summed E-state index contributed by atoms with van der Waals surface area (Å²) in [5.41, 5.74) is 5.96. The van der Waals surface area contributed by atoms with Crippen molar-refractivity contribution < 1.29 is 9.53 Å². The van der Waals surface area contributed by atoms with E-state index in [1.807, 2.05) is 49.4 Å². The van der Waals surface area contributed by atoms with E-state index in [0.29, 0.717) is 6.42 Å². The van der Waals surface area contributed by atoms with Crippen LogP contribution >= 0.6 is 0 Å². The first-order chi connectivity index (χ1) is 14.7. The van der Waals surface area contributed by atoms with Crippen molar-refractivity contribution in [2.24, 2.45) is 0 Å². The minimum atomic E-state index is -0.511. The molecule has 0 bridgehead atoms. The van der Waals surface area contributed by atoms with E-state index in [1.165, 1.54) is 35.1 Å². The number of benzene rings is 2. The van der Waals surface area contributed by atoms with Crippen LogP contribution < -0.4 is 10.1 Å². The molecule has 30 heavy (non-hydrogen) atoms. The van der Waals surface area contributed by atoms with Crippen molar-refractivity contribution in [2.75, 3.05) is 5.32 Å². The maximum atomic E-state index is 12.8. The van der Waals surface area contributed by atoms with Crippen LogP contribution in [0.15, 0.2) is 67.0 Å². The van der Waals surface area contributed by atoms with Gasteiger partial charge in [-0.15, -0.1) is 0 Å². The molecule has 0 spiro atoms. The maximum Gasteiger partial charge on any atom is 0.265 e. The fraction of sp³-hybridized carbons (Fsp3) is 0.308. The minimum absolute atomic E-state index is 0.114. The van der Waals surface area contributed by atoms with Crippen molar-refractivity contribution in [1.29, 1.82) is 0 Å². The molecule has 0 saturated heterocycles. The van der Waals surface area contributed by atoms with E-state index in [1.54, 1.807) is 12.4 Å². The number of ether oxygens (including phenoxy) is 1. The predicted octanol–water partition coefficient (Wildman–Crippen LogP) is 5.35. The number of nitrogens with one attached hydrogen (secondary N) is 1. The molecule has 4 heteroatoms. The zero-order valence-electron chi connectivity index (χ0n) is 17.4. The molecular formula is C26H28N2O2. The van der Waals surface area contributed by atoms with Gasteiger partial charge in [0.15, 0.2) is 6.10 Å². The largest absolute Gasteiger partial charge is 0.481 e. The quantitative estimate of drug-likeness (QED) is 0.582. The van der Waals surface area contributed by atoms with E-state index in [9.17, 15) is 4.79 Å². The molecule has 0 saturated carbocycles. The van der Waals surface area contributed by atoms with Crippen molar-refractivity contribution in [3.63, 3.8) is 0 Å². The van der Waals surface area contributed by atoms with Crippen LogP contribution in [-0.2, 0) is 24.1 Å². The summed E-state index contributed by atoms with van der Waals surface area (Å²) >= 11 is 0. The maximum absolute atomic E-state index is 12.8. The van der Waals surface area contributed by atoms with E-state index in [0.717, 1.165) is 30.7 Å². The van der Waals surface area contributed by atoms with Gasteiger partial charge < -0.3 is 10.1 Å². The van der Waals surface area contributed by atoms with Gasteiger partial charge in [-0.1, -0.05) is 25.1 Å². The summed E-state index contributed by atoms with van der Waals surface area (Å²) in [6.07, 6.45) is 9.28. The van der Waals surface area contributed by atoms with Gasteiger partial charge in [0.25, 0.3) is 5.91 Å². The zero-order valence-corrected chi connectivity index (χ0v) is 17.4.